The lowest BCUT2D eigenvalue weighted by atomic mass is 10.1. The third-order valence-corrected chi connectivity index (χ3v) is 4.01. The summed E-state index contributed by atoms with van der Waals surface area (Å²) in [4.78, 5) is 35.9. The van der Waals surface area contributed by atoms with Crippen LogP contribution in [0.15, 0.2) is 30.3 Å². The second kappa shape index (κ2) is 12.6. The Kier molecular flexibility index (Phi) is 10.4. The minimum Gasteiger partial charge on any atom is -0.466 e. The van der Waals surface area contributed by atoms with Crippen LogP contribution in [0.25, 0.3) is 6.08 Å². The highest BCUT2D eigenvalue weighted by molar-refractivity contribution is 5.92. The van der Waals surface area contributed by atoms with Gasteiger partial charge in [-0.25, -0.2) is 0 Å². The summed E-state index contributed by atoms with van der Waals surface area (Å²) in [5, 5.41) is 10.7. The molecule has 7 nitrogen and oxygen atoms in total. The van der Waals surface area contributed by atoms with Crippen LogP contribution in [0, 0.1) is 10.1 Å². The first-order valence-electron chi connectivity index (χ1n) is 9.35. The molecule has 0 bridgehead atoms. The summed E-state index contributed by atoms with van der Waals surface area (Å²) in [6.45, 7) is 5.09. The smallest absolute Gasteiger partial charge is 0.307 e. The SMILES string of the molecule is CCCCCCN(CCC(=O)OCC)C(=O)/C=C/c1ccc([N+](=O)[O-])cc1. The van der Waals surface area contributed by atoms with Crippen LogP contribution in [0.5, 0.6) is 0 Å². The van der Waals surface area contributed by atoms with Crippen molar-refractivity contribution in [1.29, 1.82) is 0 Å². The first-order chi connectivity index (χ1) is 13.0. The Morgan fingerprint density at radius 3 is 2.41 bits per heavy atom. The number of unbranched alkanes of at least 4 members (excludes halogenated alkanes) is 3. The Morgan fingerprint density at radius 1 is 1.11 bits per heavy atom. The van der Waals surface area contributed by atoms with Crippen LogP contribution in [-0.4, -0.2) is 41.4 Å². The summed E-state index contributed by atoms with van der Waals surface area (Å²) in [7, 11) is 0. The molecule has 0 N–H and O–H groups in total. The van der Waals surface area contributed by atoms with Gasteiger partial charge < -0.3 is 9.64 Å². The first-order valence-corrected chi connectivity index (χ1v) is 9.35. The number of ether oxygens (including phenoxy) is 1. The number of carbonyl (C=O) groups is 2. The van der Waals surface area contributed by atoms with Crippen LogP contribution in [0.3, 0.4) is 0 Å². The van der Waals surface area contributed by atoms with Gasteiger partial charge in [0.05, 0.1) is 18.0 Å². The highest BCUT2D eigenvalue weighted by Crippen LogP contribution is 2.13. The number of benzene rings is 1. The lowest BCUT2D eigenvalue weighted by Crippen LogP contribution is -2.33. The van der Waals surface area contributed by atoms with Crippen molar-refractivity contribution in [1.82, 2.24) is 4.90 Å². The lowest BCUT2D eigenvalue weighted by molar-refractivity contribution is -0.384. The van der Waals surface area contributed by atoms with E-state index in [4.69, 9.17) is 4.74 Å². The molecule has 0 fully saturated rings. The van der Waals surface area contributed by atoms with Crippen LogP contribution < -0.4 is 0 Å². The number of hydrogen-bond acceptors (Lipinski definition) is 5. The van der Waals surface area contributed by atoms with Gasteiger partial charge in [0.15, 0.2) is 0 Å². The lowest BCUT2D eigenvalue weighted by Gasteiger charge is -2.21. The average Bonchev–Trinajstić information content (AvgIpc) is 2.66. The number of rotatable bonds is 12. The first kappa shape index (κ1) is 22.3. The summed E-state index contributed by atoms with van der Waals surface area (Å²) < 4.78 is 4.92. The molecule has 27 heavy (non-hydrogen) atoms. The van der Waals surface area contributed by atoms with Gasteiger partial charge in [0.2, 0.25) is 5.91 Å². The number of hydrogen-bond donors (Lipinski definition) is 0. The number of nitro groups is 1. The average molecular weight is 376 g/mol. The quantitative estimate of drug-likeness (QED) is 0.181. The molecule has 0 heterocycles. The number of nitro benzene ring substituents is 1. The molecular weight excluding hydrogens is 348 g/mol. The van der Waals surface area contributed by atoms with Crippen molar-refractivity contribution in [2.45, 2.75) is 46.0 Å². The van der Waals surface area contributed by atoms with Crippen LogP contribution >= 0.6 is 0 Å². The van der Waals surface area contributed by atoms with Crippen molar-refractivity contribution in [2.75, 3.05) is 19.7 Å². The Bertz CT molecular complexity index is 640. The molecule has 0 radical (unpaired) electrons. The van der Waals surface area contributed by atoms with Crippen molar-refractivity contribution < 1.29 is 19.2 Å². The van der Waals surface area contributed by atoms with Crippen molar-refractivity contribution >= 4 is 23.6 Å². The third-order valence-electron chi connectivity index (χ3n) is 4.01. The normalized spacial score (nSPS) is 10.7. The summed E-state index contributed by atoms with van der Waals surface area (Å²) in [6.07, 6.45) is 7.36. The van der Waals surface area contributed by atoms with Gasteiger partial charge in [-0.1, -0.05) is 26.2 Å². The maximum Gasteiger partial charge on any atom is 0.307 e. The van der Waals surface area contributed by atoms with Gasteiger partial charge in [-0.05, 0) is 37.1 Å². The van der Waals surface area contributed by atoms with Crippen molar-refractivity contribution in [3.8, 4) is 0 Å². The molecule has 1 aromatic carbocycles. The fourth-order valence-corrected chi connectivity index (χ4v) is 2.50. The van der Waals surface area contributed by atoms with E-state index in [9.17, 15) is 19.7 Å². The van der Waals surface area contributed by atoms with E-state index in [1.54, 1.807) is 30.0 Å². The van der Waals surface area contributed by atoms with E-state index in [1.165, 1.54) is 18.2 Å². The van der Waals surface area contributed by atoms with Crippen LogP contribution in [0.1, 0.15) is 51.5 Å². The molecule has 0 atom stereocenters. The molecule has 0 spiro atoms. The summed E-state index contributed by atoms with van der Waals surface area (Å²) in [5.74, 6) is -0.502. The number of amides is 1. The fourth-order valence-electron chi connectivity index (χ4n) is 2.50. The van der Waals surface area contributed by atoms with Gasteiger partial charge in [0.25, 0.3) is 5.69 Å². The minimum absolute atomic E-state index is 0.00506. The molecule has 7 heteroatoms. The molecule has 1 aromatic rings. The zero-order valence-corrected chi connectivity index (χ0v) is 16.1. The van der Waals surface area contributed by atoms with E-state index in [0.29, 0.717) is 25.3 Å². The Hall–Kier alpha value is -2.70. The van der Waals surface area contributed by atoms with Gasteiger partial charge in [-0.15, -0.1) is 0 Å². The van der Waals surface area contributed by atoms with Gasteiger partial charge in [0.1, 0.15) is 0 Å². The standard InChI is InChI=1S/C20H28N2O5/c1-3-5-6-7-15-21(16-14-20(24)27-4-2)19(23)13-10-17-8-11-18(12-9-17)22(25)26/h8-13H,3-7,14-16H2,1-2H3/b13-10+. The summed E-state index contributed by atoms with van der Waals surface area (Å²) >= 11 is 0. The van der Waals surface area contributed by atoms with Crippen LogP contribution in [0.2, 0.25) is 0 Å². The molecule has 0 aliphatic carbocycles. The highest BCUT2D eigenvalue weighted by Gasteiger charge is 2.13. The number of carbonyl (C=O) groups excluding carboxylic acids is 2. The highest BCUT2D eigenvalue weighted by atomic mass is 16.6. The molecule has 1 amide bonds. The topological polar surface area (TPSA) is 89.8 Å². The molecular formula is C20H28N2O5. The van der Waals surface area contributed by atoms with Gasteiger partial charge in [-0.2, -0.15) is 0 Å². The number of non-ortho nitro benzene ring substituents is 1. The van der Waals surface area contributed by atoms with E-state index in [2.05, 4.69) is 6.92 Å². The van der Waals surface area contributed by atoms with Crippen molar-refractivity contribution in [3.05, 3.63) is 46.0 Å². The monoisotopic (exact) mass is 376 g/mol. The molecule has 0 aliphatic heterocycles. The summed E-state index contributed by atoms with van der Waals surface area (Å²) in [5.41, 5.74) is 0.704. The molecule has 0 saturated heterocycles. The largest absolute Gasteiger partial charge is 0.466 e. The fraction of sp³-hybridized carbons (Fsp3) is 0.500. The molecule has 0 unspecified atom stereocenters. The van der Waals surface area contributed by atoms with E-state index in [0.717, 1.165) is 25.7 Å². The predicted molar refractivity (Wildman–Crippen MR) is 104 cm³/mol. The van der Waals surface area contributed by atoms with Crippen LogP contribution in [0.4, 0.5) is 5.69 Å². The second-order valence-electron chi connectivity index (χ2n) is 6.12. The number of nitrogens with zero attached hydrogens (tertiary/aromatic N) is 2. The molecule has 0 saturated carbocycles. The van der Waals surface area contributed by atoms with Gasteiger partial charge in [0, 0.05) is 31.3 Å². The Morgan fingerprint density at radius 2 is 1.81 bits per heavy atom. The van der Waals surface area contributed by atoms with Crippen molar-refractivity contribution in [3.63, 3.8) is 0 Å². The zero-order chi connectivity index (χ0) is 20.1. The summed E-state index contributed by atoms with van der Waals surface area (Å²) in [6, 6.07) is 5.97. The maximum absolute atomic E-state index is 12.5. The van der Waals surface area contributed by atoms with E-state index < -0.39 is 4.92 Å². The Balaban J connectivity index is 2.68. The van der Waals surface area contributed by atoms with E-state index in [1.807, 2.05) is 0 Å². The van der Waals surface area contributed by atoms with E-state index >= 15 is 0 Å². The maximum atomic E-state index is 12.5. The predicted octanol–water partition coefficient (Wildman–Crippen LogP) is 3.97. The second-order valence-corrected chi connectivity index (χ2v) is 6.12. The van der Waals surface area contributed by atoms with E-state index in [-0.39, 0.29) is 24.0 Å². The Labute approximate surface area is 160 Å². The van der Waals surface area contributed by atoms with Crippen LogP contribution in [-0.2, 0) is 14.3 Å². The zero-order valence-electron chi connectivity index (χ0n) is 16.1. The molecule has 148 valence electrons. The number of esters is 1. The molecule has 1 rings (SSSR count). The molecule has 0 aliphatic rings. The van der Waals surface area contributed by atoms with Gasteiger partial charge >= 0.3 is 5.97 Å². The van der Waals surface area contributed by atoms with Gasteiger partial charge in [-0.3, -0.25) is 19.7 Å². The molecule has 0 aromatic heterocycles. The minimum atomic E-state index is -0.466. The third kappa shape index (κ3) is 8.99. The van der Waals surface area contributed by atoms with Crippen molar-refractivity contribution in [2.24, 2.45) is 0 Å².